The summed E-state index contributed by atoms with van der Waals surface area (Å²) in [6.07, 6.45) is 3.07. The van der Waals surface area contributed by atoms with Gasteiger partial charge in [0.2, 0.25) is 17.7 Å². The van der Waals surface area contributed by atoms with Crippen LogP contribution in [-0.2, 0) is 24.4 Å². The van der Waals surface area contributed by atoms with E-state index in [-0.39, 0.29) is 35.6 Å². The van der Waals surface area contributed by atoms with Gasteiger partial charge in [0.25, 0.3) is 0 Å². The van der Waals surface area contributed by atoms with Gasteiger partial charge < -0.3 is 62.9 Å². The largest absolute Gasteiger partial charge is 0.457 e. The molecule has 5 aromatic carbocycles. The number of amides is 5. The van der Waals surface area contributed by atoms with E-state index in [4.69, 9.17) is 42.2 Å². The van der Waals surface area contributed by atoms with Crippen molar-refractivity contribution in [3.8, 4) is 68.4 Å². The summed E-state index contributed by atoms with van der Waals surface area (Å²) in [6.45, 7) is 3.80. The van der Waals surface area contributed by atoms with E-state index in [0.717, 1.165) is 28.2 Å². The quantitative estimate of drug-likeness (QED) is 0.0411. The van der Waals surface area contributed by atoms with Crippen molar-refractivity contribution in [2.24, 2.45) is 0 Å². The summed E-state index contributed by atoms with van der Waals surface area (Å²) >= 11 is 0. The molecule has 7 heterocycles. The number of carbonyl (C=O) groups is 3. The van der Waals surface area contributed by atoms with E-state index in [2.05, 4.69) is 61.0 Å². The standard InChI is InChI=1S/C23H26N8O2.C21H20N6O3.C20H20N8O2/c1-29(2)23(32)30(3)13-14-31-21-18(20(24)26-22(25)27-21)19(28-31)15-9-11-17(12-10-15)33-16-7-5-4-6-8-16;1-13(28)23-11-12-27-20-17(19(22)24-21(29)25-20)18(26-27)14-7-9-16(10-8-14)30-15-5-3-2-4-6-15;1-22-20(29)24-10-11-28-19-16(18(21)25-12-26-19)17(27-28)13-5-7-14(8-6-13)30-15-4-2-3-9-23-15/h4-12H,13-14H2,1-3H3,(H4,24,25,26,27);2-10H,11-12H2,1H3,(H,23,28)(H3,22,24,25,29);2-9,12H,10-11H2,1H3,(H2,21,25,26)(H2,22,24,29). The van der Waals surface area contributed by atoms with E-state index in [0.29, 0.717) is 118 Å². The molecule has 0 fully saturated rings. The zero-order chi connectivity index (χ0) is 65.5. The number of urea groups is 2. The molecule has 474 valence electrons. The highest BCUT2D eigenvalue weighted by Crippen LogP contribution is 2.35. The molecule has 0 saturated carbocycles. The van der Waals surface area contributed by atoms with Gasteiger partial charge in [-0.2, -0.15) is 30.2 Å². The number of aromatic amines is 1. The summed E-state index contributed by atoms with van der Waals surface area (Å²) in [7, 11) is 6.71. The van der Waals surface area contributed by atoms with E-state index < -0.39 is 5.69 Å². The number of nitrogen functional groups attached to an aromatic ring is 4. The van der Waals surface area contributed by atoms with Crippen molar-refractivity contribution < 1.29 is 28.6 Å². The van der Waals surface area contributed by atoms with Gasteiger partial charge in [-0.25, -0.2) is 43.4 Å². The molecule has 7 aromatic heterocycles. The van der Waals surface area contributed by atoms with Crippen LogP contribution in [0.2, 0.25) is 0 Å². The van der Waals surface area contributed by atoms with Gasteiger partial charge in [0.15, 0.2) is 16.9 Å². The van der Waals surface area contributed by atoms with Crippen molar-refractivity contribution in [3.05, 3.63) is 175 Å². The molecule has 93 heavy (non-hydrogen) atoms. The summed E-state index contributed by atoms with van der Waals surface area (Å²) in [4.78, 5) is 77.3. The Bertz CT molecular complexity index is 4600. The molecule has 0 saturated heterocycles. The number of aromatic nitrogens is 13. The molecule has 0 aliphatic heterocycles. The molecule has 0 atom stereocenters. The predicted octanol–water partition coefficient (Wildman–Crippen LogP) is 7.55. The van der Waals surface area contributed by atoms with Crippen molar-refractivity contribution in [1.29, 1.82) is 0 Å². The smallest absolute Gasteiger partial charge is 0.348 e. The van der Waals surface area contributed by atoms with Crippen LogP contribution in [0.1, 0.15) is 6.92 Å². The molecule has 12 aromatic rings. The molecule has 12 rings (SSSR count). The van der Waals surface area contributed by atoms with Crippen LogP contribution in [0, 0.1) is 0 Å². The Labute approximate surface area is 531 Å². The van der Waals surface area contributed by atoms with Gasteiger partial charge in [-0.3, -0.25) is 9.78 Å². The Morgan fingerprint density at radius 3 is 1.54 bits per heavy atom. The van der Waals surface area contributed by atoms with E-state index in [1.54, 1.807) is 59.4 Å². The number of ether oxygens (including phenoxy) is 3. The van der Waals surface area contributed by atoms with E-state index in [1.807, 2.05) is 146 Å². The molecule has 29 heteroatoms. The third-order valence-electron chi connectivity index (χ3n) is 13.9. The topological polar surface area (TPSA) is 389 Å². The summed E-state index contributed by atoms with van der Waals surface area (Å²) in [6, 6.07) is 46.5. The minimum Gasteiger partial charge on any atom is -0.457 e. The van der Waals surface area contributed by atoms with Gasteiger partial charge in [-0.15, -0.1) is 0 Å². The number of benzene rings is 5. The Morgan fingerprint density at radius 2 is 1.01 bits per heavy atom. The third kappa shape index (κ3) is 15.6. The molecule has 0 aliphatic carbocycles. The highest BCUT2D eigenvalue weighted by molar-refractivity contribution is 6.00. The molecular weight excluding hydrogens is 1190 g/mol. The number of nitrogens with zero attached hydrogens (tertiary/aromatic N) is 14. The average Bonchev–Trinajstić information content (AvgIpc) is 1.67. The maximum absolute atomic E-state index is 12.2. The fourth-order valence-corrected chi connectivity index (χ4v) is 9.54. The fourth-order valence-electron chi connectivity index (χ4n) is 9.54. The van der Waals surface area contributed by atoms with Gasteiger partial charge in [0.05, 0.1) is 35.8 Å². The van der Waals surface area contributed by atoms with Crippen molar-refractivity contribution >= 4 is 74.5 Å². The number of nitrogens with two attached hydrogens (primary N) is 4. The summed E-state index contributed by atoms with van der Waals surface area (Å²) in [5.41, 5.74) is 29.5. The third-order valence-corrected chi connectivity index (χ3v) is 13.9. The number of pyridine rings is 1. The minimum absolute atomic E-state index is 0.0667. The number of likely N-dealkylation sites (N-methyl/N-ethyl adjacent to an activating group) is 1. The van der Waals surface area contributed by atoms with Gasteiger partial charge in [-0.1, -0.05) is 42.5 Å². The van der Waals surface area contributed by atoms with E-state index >= 15 is 0 Å². The maximum atomic E-state index is 12.2. The van der Waals surface area contributed by atoms with E-state index in [1.165, 1.54) is 18.2 Å². The molecular formula is C64H66N22O7. The van der Waals surface area contributed by atoms with Gasteiger partial charge in [0.1, 0.15) is 69.6 Å². The number of hydrogen-bond acceptors (Lipinski definition) is 20. The number of H-pyrrole nitrogens is 1. The zero-order valence-electron chi connectivity index (χ0n) is 51.3. The van der Waals surface area contributed by atoms with Crippen molar-refractivity contribution in [2.75, 3.05) is 70.8 Å². The van der Waals surface area contributed by atoms with Crippen LogP contribution < -0.4 is 58.8 Å². The second-order valence-electron chi connectivity index (χ2n) is 20.8. The zero-order valence-corrected chi connectivity index (χ0v) is 51.3. The van der Waals surface area contributed by atoms with Crippen molar-refractivity contribution in [3.63, 3.8) is 0 Å². The van der Waals surface area contributed by atoms with Gasteiger partial charge >= 0.3 is 17.8 Å². The Balaban J connectivity index is 0.000000153. The van der Waals surface area contributed by atoms with Crippen molar-refractivity contribution in [1.82, 2.24) is 90.0 Å². The lowest BCUT2D eigenvalue weighted by atomic mass is 10.1. The highest BCUT2D eigenvalue weighted by Gasteiger charge is 2.22. The minimum atomic E-state index is -0.557. The normalized spacial score (nSPS) is 10.8. The van der Waals surface area contributed by atoms with Gasteiger partial charge in [-0.05, 0) is 103 Å². The Kier molecular flexibility index (Phi) is 19.8. The lowest BCUT2D eigenvalue weighted by Crippen LogP contribution is -2.38. The van der Waals surface area contributed by atoms with Crippen LogP contribution in [0.3, 0.4) is 0 Å². The number of nitrogens with one attached hydrogen (secondary N) is 4. The van der Waals surface area contributed by atoms with Crippen LogP contribution in [0.4, 0.5) is 33.0 Å². The molecule has 12 N–H and O–H groups in total. The number of fused-ring (bicyclic) bond motifs is 3. The molecule has 0 radical (unpaired) electrons. The molecule has 0 bridgehead atoms. The number of hydrogen-bond donors (Lipinski definition) is 8. The summed E-state index contributed by atoms with van der Waals surface area (Å²) in [5, 5.41) is 23.8. The SMILES string of the molecule is CC(=O)NCCn1nc(-c2ccc(Oc3ccccc3)cc2)c2c(N)[nH]c(=O)nc21.CN(C)C(=O)N(C)CCn1nc(-c2ccc(Oc3ccccc3)cc2)c2c(N)nc(N)nc21.CNC(=O)NCCn1nc(-c2ccc(Oc3ccccn3)cc2)c2c(N)ncnc21. The average molecular weight is 1260 g/mol. The predicted molar refractivity (Wildman–Crippen MR) is 353 cm³/mol. The lowest BCUT2D eigenvalue weighted by Gasteiger charge is -2.21. The first-order valence-corrected chi connectivity index (χ1v) is 29.0. The summed E-state index contributed by atoms with van der Waals surface area (Å²) in [5.74, 6) is 4.74. The molecule has 5 amide bonds. The van der Waals surface area contributed by atoms with Crippen LogP contribution in [-0.4, -0.2) is 140 Å². The molecule has 29 nitrogen and oxygen atoms in total. The first-order chi connectivity index (χ1) is 45.0. The van der Waals surface area contributed by atoms with Crippen LogP contribution in [0.5, 0.6) is 34.6 Å². The monoisotopic (exact) mass is 1250 g/mol. The number of para-hydroxylation sites is 2. The van der Waals surface area contributed by atoms with Crippen LogP contribution in [0.15, 0.2) is 169 Å². The van der Waals surface area contributed by atoms with Crippen LogP contribution >= 0.6 is 0 Å². The fraction of sp³-hybridized carbons (Fsp3) is 0.172. The second kappa shape index (κ2) is 29.1. The van der Waals surface area contributed by atoms with Crippen LogP contribution in [0.25, 0.3) is 66.9 Å². The Morgan fingerprint density at radius 1 is 0.527 bits per heavy atom. The highest BCUT2D eigenvalue weighted by atomic mass is 16.5. The van der Waals surface area contributed by atoms with Gasteiger partial charge in [0, 0.05) is 83.7 Å². The maximum Gasteiger partial charge on any atom is 0.348 e. The summed E-state index contributed by atoms with van der Waals surface area (Å²) < 4.78 is 22.4. The molecule has 0 unspecified atom stereocenters. The molecule has 0 aliphatic rings. The molecule has 0 spiro atoms. The first-order valence-electron chi connectivity index (χ1n) is 29.0. The van der Waals surface area contributed by atoms with Crippen molar-refractivity contribution in [2.45, 2.75) is 26.6 Å². The van der Waals surface area contributed by atoms with E-state index in [9.17, 15) is 19.2 Å². The second-order valence-corrected chi connectivity index (χ2v) is 20.8. The number of anilines is 4. The first kappa shape index (κ1) is 63.3. The lowest BCUT2D eigenvalue weighted by molar-refractivity contribution is -0.119. The number of carbonyl (C=O) groups excluding carboxylic acids is 3. The Hall–Kier alpha value is -12.7. The number of rotatable bonds is 18.